The van der Waals surface area contributed by atoms with Gasteiger partial charge in [0, 0.05) is 41.5 Å². The number of alkyl carbamates (subject to hydrolysis) is 1. The number of carbonyl (C=O) groups is 5. The minimum atomic E-state index is -1.11. The number of carboxylic acid groups (broad SMARTS) is 1. The van der Waals surface area contributed by atoms with Crippen LogP contribution >= 0.6 is 0 Å². The molecule has 2 atom stereocenters. The summed E-state index contributed by atoms with van der Waals surface area (Å²) in [6.07, 6.45) is 4.92. The zero-order chi connectivity index (χ0) is 60.3. The van der Waals surface area contributed by atoms with Gasteiger partial charge in [0.2, 0.25) is 5.91 Å². The molecule has 82 heavy (non-hydrogen) atoms. The monoisotopic (exact) mass is 1120 g/mol. The summed E-state index contributed by atoms with van der Waals surface area (Å²) in [7, 11) is 0. The molecule has 0 fully saturated rings. The van der Waals surface area contributed by atoms with Gasteiger partial charge in [0.25, 0.3) is 0 Å². The number of fused-ring (bicyclic) bond motifs is 3. The number of carbonyl (C=O) groups excluding carboxylic acids is 4. The zero-order valence-electron chi connectivity index (χ0n) is 49.6. The summed E-state index contributed by atoms with van der Waals surface area (Å²) in [6.45, 7) is 19.1. The molecule has 1 aliphatic rings. The van der Waals surface area contributed by atoms with Crippen molar-refractivity contribution in [2.24, 2.45) is 5.73 Å². The van der Waals surface area contributed by atoms with Crippen LogP contribution in [0.3, 0.4) is 0 Å². The number of carboxylic acids is 1. The van der Waals surface area contributed by atoms with E-state index in [1.807, 2.05) is 160 Å². The lowest BCUT2D eigenvalue weighted by atomic mass is 9.98. The SMILES string of the molecule is CC(C)(C)OC(=O)CCCCC[C@H](NC(=O)OCC1c2ccccc2-c2ccccc21)C(=O)O.Cc1cc(-c2ccc(N)c(C)c2)ccc1N.Cc1cc(-c2ccc(NC(=O)[C@@H](N)CCCCCC(=O)OC(C)(C)C)c(C)c2)ccc1N. The van der Waals surface area contributed by atoms with E-state index >= 15 is 0 Å². The van der Waals surface area contributed by atoms with Crippen molar-refractivity contribution in [2.45, 2.75) is 163 Å². The van der Waals surface area contributed by atoms with Crippen molar-refractivity contribution in [1.82, 2.24) is 5.32 Å². The Balaban J connectivity index is 0.000000239. The number of rotatable bonds is 20. The van der Waals surface area contributed by atoms with E-state index in [1.54, 1.807) is 0 Å². The summed E-state index contributed by atoms with van der Waals surface area (Å²) >= 11 is 0. The average Bonchev–Trinajstić information content (AvgIpc) is 3.43. The van der Waals surface area contributed by atoms with E-state index in [0.717, 1.165) is 97.6 Å². The third-order valence-corrected chi connectivity index (χ3v) is 13.8. The van der Waals surface area contributed by atoms with E-state index in [0.29, 0.717) is 32.1 Å². The third-order valence-electron chi connectivity index (χ3n) is 13.8. The summed E-state index contributed by atoms with van der Waals surface area (Å²) in [5, 5.41) is 14.9. The first-order valence-corrected chi connectivity index (χ1v) is 28.2. The Hall–Kier alpha value is -8.17. The Bertz CT molecular complexity index is 3060. The molecular weight excluding hydrogens is 1030 g/mol. The van der Waals surface area contributed by atoms with Crippen LogP contribution in [0, 0.1) is 27.7 Å². The van der Waals surface area contributed by atoms with E-state index < -0.39 is 35.3 Å². The van der Waals surface area contributed by atoms with E-state index in [2.05, 4.69) is 41.0 Å². The molecule has 0 heterocycles. The summed E-state index contributed by atoms with van der Waals surface area (Å²) in [5.74, 6) is -1.85. The van der Waals surface area contributed by atoms with Crippen molar-refractivity contribution in [3.05, 3.63) is 155 Å². The standard InChI is InChI=1S/C27H33NO6.C26H37N3O3.C14H16N2/c1-27(2,3)34-24(29)16-6-4-5-15-23(25(30)31)28-26(32)33-17-22-20-13-9-7-11-18(20)19-12-8-10-14-21(19)22;1-17-15-19(11-13-21(17)27)20-12-14-23(18(2)16-20)29-25(31)22(28)9-7-6-8-10-24(30)32-26(3,4)5;1-9-7-11(3-5-13(9)15)12-4-6-14(16)10(2)8-12/h7-14,22-23H,4-6,15-17H2,1-3H3,(H,28,32)(H,30,31);11-16,22H,6-10,27-28H2,1-5H3,(H,29,31);3-8H,15-16H2,1-2H3/t23-;22-;/m00./s1. The number of nitrogen functional groups attached to an aromatic ring is 3. The molecule has 15 nitrogen and oxygen atoms in total. The number of benzene rings is 6. The summed E-state index contributed by atoms with van der Waals surface area (Å²) in [5.41, 5.74) is 39.0. The van der Waals surface area contributed by atoms with Gasteiger partial charge in [-0.15, -0.1) is 0 Å². The predicted molar refractivity (Wildman–Crippen MR) is 330 cm³/mol. The number of hydrogen-bond acceptors (Lipinski definition) is 12. The fraction of sp³-hybridized carbons (Fsp3) is 0.388. The number of esters is 2. The van der Waals surface area contributed by atoms with Crippen LogP contribution in [-0.2, 0) is 33.4 Å². The fourth-order valence-electron chi connectivity index (χ4n) is 9.34. The van der Waals surface area contributed by atoms with Crippen LogP contribution in [0.15, 0.2) is 121 Å². The first-order valence-electron chi connectivity index (χ1n) is 28.2. The van der Waals surface area contributed by atoms with Crippen LogP contribution in [0.4, 0.5) is 27.5 Å². The normalized spacial score (nSPS) is 12.4. The first kappa shape index (κ1) is 64.6. The number of nitrogens with one attached hydrogen (secondary N) is 2. The maximum atomic E-state index is 12.5. The van der Waals surface area contributed by atoms with E-state index in [9.17, 15) is 29.1 Å². The van der Waals surface area contributed by atoms with Gasteiger partial charge in [0.15, 0.2) is 0 Å². The number of unbranched alkanes of at least 4 members (excludes halogenated alkanes) is 4. The molecule has 6 aromatic rings. The molecule has 0 aliphatic heterocycles. The Kier molecular flexibility index (Phi) is 23.7. The minimum absolute atomic E-state index is 0.0886. The van der Waals surface area contributed by atoms with Gasteiger partial charge < -0.3 is 52.9 Å². The van der Waals surface area contributed by atoms with Crippen LogP contribution in [0.2, 0.25) is 0 Å². The van der Waals surface area contributed by atoms with Crippen LogP contribution in [0.5, 0.6) is 0 Å². The van der Waals surface area contributed by atoms with E-state index in [1.165, 1.54) is 11.1 Å². The highest BCUT2D eigenvalue weighted by Crippen LogP contribution is 2.44. The number of anilines is 4. The Labute approximate surface area is 484 Å². The van der Waals surface area contributed by atoms with Crippen LogP contribution in [-0.4, -0.2) is 64.9 Å². The van der Waals surface area contributed by atoms with Gasteiger partial charge in [-0.3, -0.25) is 14.4 Å². The molecule has 0 aromatic heterocycles. The molecule has 0 spiro atoms. The van der Waals surface area contributed by atoms with Gasteiger partial charge in [-0.1, -0.05) is 98.5 Å². The maximum Gasteiger partial charge on any atom is 0.407 e. The molecule has 0 radical (unpaired) electrons. The van der Waals surface area contributed by atoms with E-state index in [4.69, 9.17) is 37.1 Å². The molecule has 2 amide bonds. The first-order chi connectivity index (χ1) is 38.7. The predicted octanol–water partition coefficient (Wildman–Crippen LogP) is 13.5. The second-order valence-corrected chi connectivity index (χ2v) is 23.1. The largest absolute Gasteiger partial charge is 0.480 e. The molecule has 15 heteroatoms. The van der Waals surface area contributed by atoms with Gasteiger partial charge >= 0.3 is 24.0 Å². The molecule has 0 saturated carbocycles. The lowest BCUT2D eigenvalue weighted by Gasteiger charge is -2.19. The molecule has 0 unspecified atom stereocenters. The quantitative estimate of drug-likeness (QED) is 0.0163. The van der Waals surface area contributed by atoms with Crippen molar-refractivity contribution in [2.75, 3.05) is 29.1 Å². The van der Waals surface area contributed by atoms with Crippen molar-refractivity contribution in [3.8, 4) is 33.4 Å². The number of ether oxygens (including phenoxy) is 3. The third kappa shape index (κ3) is 20.4. The zero-order valence-corrected chi connectivity index (χ0v) is 49.6. The summed E-state index contributed by atoms with van der Waals surface area (Å²) in [4.78, 5) is 60.0. The van der Waals surface area contributed by atoms with Gasteiger partial charge in [-0.25, -0.2) is 9.59 Å². The lowest BCUT2D eigenvalue weighted by Crippen LogP contribution is -2.41. The number of aryl methyl sites for hydroxylation is 4. The van der Waals surface area contributed by atoms with Gasteiger partial charge in [0.05, 0.1) is 6.04 Å². The average molecular weight is 1120 g/mol. The Morgan fingerprint density at radius 1 is 0.537 bits per heavy atom. The van der Waals surface area contributed by atoms with Gasteiger partial charge in [-0.05, 0) is 210 Å². The molecule has 0 bridgehead atoms. The molecule has 1 aliphatic carbocycles. The summed E-state index contributed by atoms with van der Waals surface area (Å²) < 4.78 is 16.0. The Morgan fingerprint density at radius 2 is 0.939 bits per heavy atom. The highest BCUT2D eigenvalue weighted by molar-refractivity contribution is 5.95. The molecule has 438 valence electrons. The van der Waals surface area contributed by atoms with Crippen molar-refractivity contribution < 1.29 is 43.3 Å². The fourth-order valence-corrected chi connectivity index (χ4v) is 9.34. The number of hydrogen-bond donors (Lipinski definition) is 7. The van der Waals surface area contributed by atoms with Crippen molar-refractivity contribution in [3.63, 3.8) is 0 Å². The highest BCUT2D eigenvalue weighted by atomic mass is 16.6. The van der Waals surface area contributed by atoms with E-state index in [-0.39, 0.29) is 43.2 Å². The van der Waals surface area contributed by atoms with Crippen LogP contribution < -0.4 is 33.6 Å². The highest BCUT2D eigenvalue weighted by Gasteiger charge is 2.30. The number of aliphatic carboxylic acids is 1. The molecule has 0 saturated heterocycles. The van der Waals surface area contributed by atoms with Gasteiger partial charge in [0.1, 0.15) is 23.9 Å². The second-order valence-electron chi connectivity index (χ2n) is 23.1. The maximum absolute atomic E-state index is 12.5. The Morgan fingerprint density at radius 3 is 1.34 bits per heavy atom. The van der Waals surface area contributed by atoms with Crippen LogP contribution in [0.1, 0.15) is 145 Å². The van der Waals surface area contributed by atoms with Crippen LogP contribution in [0.25, 0.3) is 33.4 Å². The topological polar surface area (TPSA) is 261 Å². The summed E-state index contributed by atoms with van der Waals surface area (Å²) in [6, 6.07) is 38.4. The minimum Gasteiger partial charge on any atom is -0.480 e. The van der Waals surface area contributed by atoms with Crippen molar-refractivity contribution >= 4 is 52.7 Å². The second kappa shape index (κ2) is 30.0. The lowest BCUT2D eigenvalue weighted by molar-refractivity contribution is -0.156. The molecular formula is C67H86N6O9. The van der Waals surface area contributed by atoms with Gasteiger partial charge in [-0.2, -0.15) is 0 Å². The molecule has 6 aromatic carbocycles. The number of nitrogens with two attached hydrogens (primary N) is 4. The number of amides is 2. The van der Waals surface area contributed by atoms with Crippen molar-refractivity contribution in [1.29, 1.82) is 0 Å². The molecule has 7 rings (SSSR count). The molecule has 11 N–H and O–H groups in total. The smallest absolute Gasteiger partial charge is 0.407 e.